The lowest BCUT2D eigenvalue weighted by molar-refractivity contribution is 0.0540. The van der Waals surface area contributed by atoms with Gasteiger partial charge in [0.25, 0.3) is 5.91 Å². The number of piperidine rings is 1. The number of amides is 1. The Morgan fingerprint density at radius 3 is 2.62 bits per heavy atom. The van der Waals surface area contributed by atoms with E-state index in [9.17, 15) is 9.90 Å². The van der Waals surface area contributed by atoms with Gasteiger partial charge in [-0.15, -0.1) is 0 Å². The number of aliphatic hydroxyl groups excluding tert-OH is 1. The van der Waals surface area contributed by atoms with Crippen molar-refractivity contribution in [2.24, 2.45) is 0 Å². The molecule has 0 spiro atoms. The largest absolute Gasteiger partial charge is 0.395 e. The molecule has 0 bridgehead atoms. The first-order valence-electron chi connectivity index (χ1n) is 7.39. The number of aryl methyl sites for hydroxylation is 1. The normalized spacial score (nSPS) is 17.0. The fourth-order valence-corrected chi connectivity index (χ4v) is 3.50. The minimum Gasteiger partial charge on any atom is -0.395 e. The average molecular weight is 355 g/mol. The van der Waals surface area contributed by atoms with E-state index in [4.69, 9.17) is 0 Å². The summed E-state index contributed by atoms with van der Waals surface area (Å²) in [5, 5.41) is 9.31. The summed E-state index contributed by atoms with van der Waals surface area (Å²) in [6, 6.07) is 5.98. The summed E-state index contributed by atoms with van der Waals surface area (Å²) in [5.74, 6) is 0.0167. The highest BCUT2D eigenvalue weighted by atomic mass is 79.9. The zero-order chi connectivity index (χ0) is 15.4. The third-order valence-corrected chi connectivity index (χ3v) is 4.48. The number of aliphatic hydroxyl groups is 1. The molecule has 5 heteroatoms. The van der Waals surface area contributed by atoms with E-state index >= 15 is 0 Å². The van der Waals surface area contributed by atoms with Gasteiger partial charge in [-0.3, -0.25) is 4.79 Å². The van der Waals surface area contributed by atoms with Crippen LogP contribution in [-0.2, 0) is 0 Å². The lowest BCUT2D eigenvalue weighted by atomic mass is 10.0. The Balaban J connectivity index is 2.18. The van der Waals surface area contributed by atoms with Crippen molar-refractivity contribution in [1.82, 2.24) is 9.80 Å². The number of carbonyl (C=O) groups excluding carboxylic acids is 1. The van der Waals surface area contributed by atoms with E-state index in [1.807, 2.05) is 30.0 Å². The highest BCUT2D eigenvalue weighted by Crippen LogP contribution is 2.21. The predicted octanol–water partition coefficient (Wildman–Crippen LogP) is 2.29. The average Bonchev–Trinajstić information content (AvgIpc) is 2.44. The van der Waals surface area contributed by atoms with E-state index in [1.54, 1.807) is 0 Å². The van der Waals surface area contributed by atoms with Crippen molar-refractivity contribution in [3.05, 3.63) is 33.8 Å². The minimum absolute atomic E-state index is 0.00502. The van der Waals surface area contributed by atoms with Crippen molar-refractivity contribution in [3.63, 3.8) is 0 Å². The number of benzene rings is 1. The molecule has 2 rings (SSSR count). The molecule has 0 radical (unpaired) electrons. The maximum atomic E-state index is 12.8. The van der Waals surface area contributed by atoms with Crippen LogP contribution in [0.3, 0.4) is 0 Å². The second kappa shape index (κ2) is 7.38. The molecule has 1 fully saturated rings. The van der Waals surface area contributed by atoms with E-state index in [2.05, 4.69) is 27.9 Å². The molecule has 1 heterocycles. The Kier molecular flexibility index (Phi) is 5.79. The van der Waals surface area contributed by atoms with Gasteiger partial charge >= 0.3 is 0 Å². The molecule has 1 aliphatic rings. The van der Waals surface area contributed by atoms with Crippen LogP contribution in [0.4, 0.5) is 0 Å². The summed E-state index contributed by atoms with van der Waals surface area (Å²) in [5.41, 5.74) is 1.74. The van der Waals surface area contributed by atoms with Gasteiger partial charge in [0.05, 0.1) is 6.61 Å². The van der Waals surface area contributed by atoms with E-state index in [-0.39, 0.29) is 18.6 Å². The minimum atomic E-state index is 0.00502. The molecule has 1 aliphatic heterocycles. The van der Waals surface area contributed by atoms with E-state index in [0.717, 1.165) is 36.0 Å². The third-order valence-electron chi connectivity index (χ3n) is 4.02. The topological polar surface area (TPSA) is 43.8 Å². The quantitative estimate of drug-likeness (QED) is 0.901. The Bertz CT molecular complexity index is 479. The maximum absolute atomic E-state index is 12.8. The van der Waals surface area contributed by atoms with Crippen molar-refractivity contribution < 1.29 is 9.90 Å². The number of likely N-dealkylation sites (tertiary alicyclic amines) is 1. The van der Waals surface area contributed by atoms with Gasteiger partial charge in [-0.05, 0) is 63.7 Å². The molecule has 0 aromatic heterocycles. The molecule has 116 valence electrons. The zero-order valence-corrected chi connectivity index (χ0v) is 14.3. The number of rotatable bonds is 4. The molecule has 1 aromatic carbocycles. The molecule has 1 saturated heterocycles. The number of nitrogens with zero attached hydrogens (tertiary/aromatic N) is 2. The Hall–Kier alpha value is -0.910. The lowest BCUT2D eigenvalue weighted by Crippen LogP contribution is -2.47. The van der Waals surface area contributed by atoms with Crippen LogP contribution >= 0.6 is 15.9 Å². The smallest absolute Gasteiger partial charge is 0.254 e. The molecule has 21 heavy (non-hydrogen) atoms. The van der Waals surface area contributed by atoms with Crippen molar-refractivity contribution in [2.75, 3.05) is 33.3 Å². The van der Waals surface area contributed by atoms with Crippen LogP contribution in [-0.4, -0.2) is 60.1 Å². The van der Waals surface area contributed by atoms with Crippen molar-refractivity contribution >= 4 is 21.8 Å². The molecular formula is C16H23BrN2O2. The standard InChI is InChI=1S/C16H23BrN2O2/c1-12-9-13(11-14(17)10-12)16(21)19(7-8-20)15-3-5-18(2)6-4-15/h9-11,15,20H,3-8H2,1-2H3. The van der Waals surface area contributed by atoms with Gasteiger partial charge in [-0.1, -0.05) is 15.9 Å². The molecule has 1 aromatic rings. The highest BCUT2D eigenvalue weighted by molar-refractivity contribution is 9.10. The predicted molar refractivity (Wildman–Crippen MR) is 87.5 cm³/mol. The Morgan fingerprint density at radius 2 is 2.05 bits per heavy atom. The van der Waals surface area contributed by atoms with E-state index in [0.29, 0.717) is 12.1 Å². The molecule has 1 N–H and O–H groups in total. The molecule has 0 unspecified atom stereocenters. The van der Waals surface area contributed by atoms with Gasteiger partial charge in [-0.2, -0.15) is 0 Å². The summed E-state index contributed by atoms with van der Waals surface area (Å²) in [6.07, 6.45) is 1.93. The van der Waals surface area contributed by atoms with Crippen LogP contribution in [0, 0.1) is 6.92 Å². The fourth-order valence-electron chi connectivity index (χ4n) is 2.89. The molecule has 1 amide bonds. The van der Waals surface area contributed by atoms with Gasteiger partial charge in [0, 0.05) is 22.6 Å². The molecular weight excluding hydrogens is 332 g/mol. The van der Waals surface area contributed by atoms with Gasteiger partial charge in [0.2, 0.25) is 0 Å². The second-order valence-corrected chi connectivity index (χ2v) is 6.69. The number of hydrogen-bond donors (Lipinski definition) is 1. The summed E-state index contributed by atoms with van der Waals surface area (Å²) in [6.45, 7) is 4.38. The third kappa shape index (κ3) is 4.28. The monoisotopic (exact) mass is 354 g/mol. The highest BCUT2D eigenvalue weighted by Gasteiger charge is 2.27. The fraction of sp³-hybridized carbons (Fsp3) is 0.562. The summed E-state index contributed by atoms with van der Waals surface area (Å²) in [4.78, 5) is 16.9. The van der Waals surface area contributed by atoms with Crippen molar-refractivity contribution in [2.45, 2.75) is 25.8 Å². The van der Waals surface area contributed by atoms with E-state index in [1.165, 1.54) is 0 Å². The van der Waals surface area contributed by atoms with Gasteiger partial charge in [0.15, 0.2) is 0 Å². The Labute approximate surface area is 134 Å². The number of hydrogen-bond acceptors (Lipinski definition) is 3. The summed E-state index contributed by atoms with van der Waals surface area (Å²) >= 11 is 3.45. The number of halogens is 1. The molecule has 0 aliphatic carbocycles. The van der Waals surface area contributed by atoms with Crippen LogP contribution in [0.25, 0.3) is 0 Å². The number of carbonyl (C=O) groups is 1. The summed E-state index contributed by atoms with van der Waals surface area (Å²) in [7, 11) is 2.10. The van der Waals surface area contributed by atoms with Gasteiger partial charge < -0.3 is 14.9 Å². The molecule has 4 nitrogen and oxygen atoms in total. The van der Waals surface area contributed by atoms with Gasteiger partial charge in [0.1, 0.15) is 0 Å². The first-order chi connectivity index (χ1) is 10.0. The molecule has 0 saturated carbocycles. The van der Waals surface area contributed by atoms with Gasteiger partial charge in [-0.25, -0.2) is 0 Å². The first kappa shape index (κ1) is 16.5. The van der Waals surface area contributed by atoms with Crippen molar-refractivity contribution in [3.8, 4) is 0 Å². The van der Waals surface area contributed by atoms with Crippen LogP contribution in [0.15, 0.2) is 22.7 Å². The maximum Gasteiger partial charge on any atom is 0.254 e. The second-order valence-electron chi connectivity index (χ2n) is 5.77. The van der Waals surface area contributed by atoms with Crippen LogP contribution in [0.5, 0.6) is 0 Å². The lowest BCUT2D eigenvalue weighted by Gasteiger charge is -2.37. The van der Waals surface area contributed by atoms with Crippen LogP contribution < -0.4 is 0 Å². The summed E-state index contributed by atoms with van der Waals surface area (Å²) < 4.78 is 0.915. The van der Waals surface area contributed by atoms with Crippen LogP contribution in [0.1, 0.15) is 28.8 Å². The first-order valence-corrected chi connectivity index (χ1v) is 8.18. The Morgan fingerprint density at radius 1 is 1.38 bits per heavy atom. The van der Waals surface area contributed by atoms with E-state index < -0.39 is 0 Å². The zero-order valence-electron chi connectivity index (χ0n) is 12.7. The SMILES string of the molecule is Cc1cc(Br)cc(C(=O)N(CCO)C2CCN(C)CC2)c1. The van der Waals surface area contributed by atoms with Crippen molar-refractivity contribution in [1.29, 1.82) is 0 Å². The van der Waals surface area contributed by atoms with Crippen LogP contribution in [0.2, 0.25) is 0 Å². The molecule has 0 atom stereocenters.